The van der Waals surface area contributed by atoms with Gasteiger partial charge in [-0.15, -0.1) is 0 Å². The van der Waals surface area contributed by atoms with Crippen molar-refractivity contribution in [3.05, 3.63) is 102 Å². The first kappa shape index (κ1) is 27.4. The molecule has 0 radical (unpaired) electrons. The lowest BCUT2D eigenvalue weighted by Crippen LogP contribution is -2.40. The molecule has 1 saturated heterocycles. The van der Waals surface area contributed by atoms with E-state index in [0.717, 1.165) is 45.7 Å². The first-order chi connectivity index (χ1) is 18.6. The van der Waals surface area contributed by atoms with Gasteiger partial charge in [0.2, 0.25) is 0 Å². The predicted octanol–water partition coefficient (Wildman–Crippen LogP) is 5.25. The molecule has 3 aromatic carbocycles. The molecule has 1 fully saturated rings. The molecule has 1 aliphatic rings. The van der Waals surface area contributed by atoms with Crippen LogP contribution in [-0.4, -0.2) is 74.8 Å². The molecule has 0 saturated carbocycles. The molecule has 1 heterocycles. The number of rotatable bonds is 11. The van der Waals surface area contributed by atoms with Crippen molar-refractivity contribution in [1.82, 2.24) is 9.80 Å². The quantitative estimate of drug-likeness (QED) is 0.353. The second kappa shape index (κ2) is 14.3. The van der Waals surface area contributed by atoms with Gasteiger partial charge in [0, 0.05) is 44.3 Å². The number of hydrogen-bond donors (Lipinski definition) is 1. The smallest absolute Gasteiger partial charge is 0.337 e. The number of urea groups is 1. The Hall–Kier alpha value is -3.68. The van der Waals surface area contributed by atoms with Crippen molar-refractivity contribution in [3.63, 3.8) is 0 Å². The number of esters is 1. The maximum atomic E-state index is 13.5. The van der Waals surface area contributed by atoms with E-state index >= 15 is 0 Å². The number of ether oxygens (including phenoxy) is 2. The van der Waals surface area contributed by atoms with E-state index in [1.165, 1.54) is 18.2 Å². The number of benzene rings is 3. The number of morpholine rings is 1. The van der Waals surface area contributed by atoms with E-state index in [9.17, 15) is 9.59 Å². The number of nitrogens with zero attached hydrogens (tertiary/aromatic N) is 2. The zero-order valence-electron chi connectivity index (χ0n) is 22.1. The van der Waals surface area contributed by atoms with Crippen molar-refractivity contribution in [2.24, 2.45) is 0 Å². The maximum Gasteiger partial charge on any atom is 0.337 e. The Morgan fingerprint density at radius 2 is 1.58 bits per heavy atom. The van der Waals surface area contributed by atoms with Crippen LogP contribution in [0.15, 0.2) is 84.9 Å². The normalized spacial score (nSPS) is 13.7. The number of methoxy groups -OCH3 is 1. The highest BCUT2D eigenvalue weighted by molar-refractivity contribution is 5.93. The summed E-state index contributed by atoms with van der Waals surface area (Å²) in [6.45, 7) is 5.53. The van der Waals surface area contributed by atoms with Crippen LogP contribution >= 0.6 is 0 Å². The Bertz CT molecular complexity index is 1110. The van der Waals surface area contributed by atoms with Gasteiger partial charge in [0.15, 0.2) is 0 Å². The van der Waals surface area contributed by atoms with Gasteiger partial charge in [-0.1, -0.05) is 66.7 Å². The Morgan fingerprint density at radius 3 is 2.21 bits per heavy atom. The van der Waals surface area contributed by atoms with Crippen LogP contribution in [0.5, 0.6) is 0 Å². The van der Waals surface area contributed by atoms with Crippen LogP contribution in [0.2, 0.25) is 0 Å². The summed E-state index contributed by atoms with van der Waals surface area (Å²) in [5.74, 6) is -0.258. The topological polar surface area (TPSA) is 71.1 Å². The number of carbonyl (C=O) groups is 2. The summed E-state index contributed by atoms with van der Waals surface area (Å²) in [5.41, 5.74) is 3.44. The van der Waals surface area contributed by atoms with E-state index in [2.05, 4.69) is 58.7 Å². The minimum absolute atomic E-state index is 0.172. The Morgan fingerprint density at radius 1 is 0.921 bits per heavy atom. The molecule has 0 aromatic heterocycles. The largest absolute Gasteiger partial charge is 0.465 e. The van der Waals surface area contributed by atoms with Gasteiger partial charge in [0.05, 0.1) is 25.9 Å². The van der Waals surface area contributed by atoms with Crippen molar-refractivity contribution in [2.45, 2.75) is 18.8 Å². The third kappa shape index (κ3) is 7.91. The van der Waals surface area contributed by atoms with E-state index in [0.29, 0.717) is 24.3 Å². The first-order valence-electron chi connectivity index (χ1n) is 13.3. The van der Waals surface area contributed by atoms with Crippen LogP contribution in [-0.2, 0) is 9.47 Å². The van der Waals surface area contributed by atoms with Crippen molar-refractivity contribution in [3.8, 4) is 0 Å². The molecule has 0 unspecified atom stereocenters. The molecule has 200 valence electrons. The molecule has 7 nitrogen and oxygen atoms in total. The van der Waals surface area contributed by atoms with Crippen molar-refractivity contribution in [2.75, 3.05) is 58.4 Å². The maximum absolute atomic E-state index is 13.5. The van der Waals surface area contributed by atoms with Gasteiger partial charge in [-0.3, -0.25) is 4.90 Å². The van der Waals surface area contributed by atoms with E-state index < -0.39 is 5.97 Å². The fourth-order valence-electron chi connectivity index (χ4n) is 4.85. The summed E-state index contributed by atoms with van der Waals surface area (Å²) in [4.78, 5) is 29.7. The lowest BCUT2D eigenvalue weighted by atomic mass is 9.88. The molecular formula is C31H37N3O4. The highest BCUT2D eigenvalue weighted by atomic mass is 16.5. The average molecular weight is 516 g/mol. The molecule has 0 aliphatic carbocycles. The van der Waals surface area contributed by atoms with Crippen LogP contribution in [0, 0.1) is 0 Å². The second-order valence-corrected chi connectivity index (χ2v) is 9.46. The molecule has 4 rings (SSSR count). The Balaban J connectivity index is 1.47. The number of carbonyl (C=O) groups excluding carboxylic acids is 2. The summed E-state index contributed by atoms with van der Waals surface area (Å²) in [6.07, 6.45) is 1.66. The molecule has 1 aliphatic heterocycles. The molecule has 38 heavy (non-hydrogen) atoms. The van der Waals surface area contributed by atoms with Gasteiger partial charge in [-0.05, 0) is 42.2 Å². The number of hydrogen-bond acceptors (Lipinski definition) is 5. The van der Waals surface area contributed by atoms with Crippen LogP contribution in [0.1, 0.15) is 40.2 Å². The summed E-state index contributed by atoms with van der Waals surface area (Å²) in [6, 6.07) is 27.6. The molecule has 2 amide bonds. The molecule has 7 heteroatoms. The van der Waals surface area contributed by atoms with E-state index in [-0.39, 0.29) is 11.9 Å². The standard InChI is InChI=1S/C31H37N3O4/c1-37-30(35)27-14-8-15-28(24-27)32-31(36)34(18-9-17-33-20-22-38-23-21-33)19-16-29(25-10-4-2-5-11-25)26-12-6-3-7-13-26/h2-8,10-15,24,29H,9,16-23H2,1H3,(H,32,36). The third-order valence-electron chi connectivity index (χ3n) is 6.92. The monoisotopic (exact) mass is 515 g/mol. The minimum Gasteiger partial charge on any atom is -0.465 e. The fraction of sp³-hybridized carbons (Fsp3) is 0.355. The highest BCUT2D eigenvalue weighted by Gasteiger charge is 2.20. The van der Waals surface area contributed by atoms with Crippen LogP contribution in [0.4, 0.5) is 10.5 Å². The van der Waals surface area contributed by atoms with Gasteiger partial charge in [0.1, 0.15) is 0 Å². The first-order valence-corrected chi connectivity index (χ1v) is 13.3. The lowest BCUT2D eigenvalue weighted by molar-refractivity contribution is 0.0365. The third-order valence-corrected chi connectivity index (χ3v) is 6.92. The zero-order chi connectivity index (χ0) is 26.6. The average Bonchev–Trinajstić information content (AvgIpc) is 2.97. The molecule has 0 atom stereocenters. The van der Waals surface area contributed by atoms with E-state index in [1.807, 2.05) is 17.0 Å². The molecule has 3 aromatic rings. The Kier molecular flexibility index (Phi) is 10.3. The van der Waals surface area contributed by atoms with Crippen molar-refractivity contribution in [1.29, 1.82) is 0 Å². The molecular weight excluding hydrogens is 478 g/mol. The SMILES string of the molecule is COC(=O)c1cccc(NC(=O)N(CCCN2CCOCC2)CCC(c2ccccc2)c2ccccc2)c1. The molecule has 0 spiro atoms. The number of nitrogens with one attached hydrogen (secondary N) is 1. The van der Waals surface area contributed by atoms with Gasteiger partial charge in [0.25, 0.3) is 0 Å². The van der Waals surface area contributed by atoms with Crippen LogP contribution in [0.3, 0.4) is 0 Å². The van der Waals surface area contributed by atoms with Gasteiger partial charge < -0.3 is 19.7 Å². The van der Waals surface area contributed by atoms with Gasteiger partial charge >= 0.3 is 12.0 Å². The number of amides is 2. The fourth-order valence-corrected chi connectivity index (χ4v) is 4.85. The van der Waals surface area contributed by atoms with Crippen molar-refractivity contribution >= 4 is 17.7 Å². The van der Waals surface area contributed by atoms with Crippen molar-refractivity contribution < 1.29 is 19.1 Å². The lowest BCUT2D eigenvalue weighted by Gasteiger charge is -2.29. The summed E-state index contributed by atoms with van der Waals surface area (Å²) < 4.78 is 10.3. The summed E-state index contributed by atoms with van der Waals surface area (Å²) in [7, 11) is 1.35. The van der Waals surface area contributed by atoms with Gasteiger partial charge in [-0.2, -0.15) is 0 Å². The molecule has 1 N–H and O–H groups in total. The highest BCUT2D eigenvalue weighted by Crippen LogP contribution is 2.28. The van der Waals surface area contributed by atoms with Crippen LogP contribution in [0.25, 0.3) is 0 Å². The second-order valence-electron chi connectivity index (χ2n) is 9.46. The van der Waals surface area contributed by atoms with E-state index in [4.69, 9.17) is 9.47 Å². The van der Waals surface area contributed by atoms with Gasteiger partial charge in [-0.25, -0.2) is 9.59 Å². The van der Waals surface area contributed by atoms with Crippen LogP contribution < -0.4 is 5.32 Å². The summed E-state index contributed by atoms with van der Waals surface area (Å²) >= 11 is 0. The van der Waals surface area contributed by atoms with E-state index in [1.54, 1.807) is 24.3 Å². The zero-order valence-corrected chi connectivity index (χ0v) is 22.1. The molecule has 0 bridgehead atoms. The predicted molar refractivity (Wildman–Crippen MR) is 150 cm³/mol. The Labute approximate surface area is 225 Å². The number of anilines is 1. The summed E-state index contributed by atoms with van der Waals surface area (Å²) in [5, 5.41) is 3.00. The minimum atomic E-state index is -0.433.